The molecule has 1 N–H and O–H groups in total. The molecular formula is C11H10BrNO3S. The van der Waals surface area contributed by atoms with E-state index in [1.54, 1.807) is 12.1 Å². The first-order valence-corrected chi connectivity index (χ1v) is 6.95. The number of carboxylic acid groups (broad SMARTS) is 1. The molecule has 90 valence electrons. The Bertz CT molecular complexity index is 496. The molecule has 0 spiro atoms. The third-order valence-corrected chi connectivity index (χ3v) is 4.02. The maximum atomic E-state index is 11.9. The summed E-state index contributed by atoms with van der Waals surface area (Å²) in [6, 6.07) is 6.53. The van der Waals surface area contributed by atoms with Gasteiger partial charge >= 0.3 is 5.97 Å². The Hall–Kier alpha value is -1.19. The molecule has 17 heavy (non-hydrogen) atoms. The van der Waals surface area contributed by atoms with E-state index >= 15 is 0 Å². The number of carbonyl (C=O) groups is 1. The molecule has 1 aromatic carbocycles. The topological polar surface area (TPSA) is 78.2 Å². The lowest BCUT2D eigenvalue weighted by molar-refractivity contribution is 0.0693. The number of nitriles is 1. The number of hydrogen-bond acceptors (Lipinski definition) is 3. The molecule has 0 aliphatic heterocycles. The van der Waals surface area contributed by atoms with E-state index < -0.39 is 16.8 Å². The quantitative estimate of drug-likeness (QED) is 0.847. The average Bonchev–Trinajstić information content (AvgIpc) is 2.28. The fourth-order valence-electron chi connectivity index (χ4n) is 1.25. The molecule has 1 atom stereocenters. The third kappa shape index (κ3) is 3.95. The molecule has 0 aliphatic carbocycles. The van der Waals surface area contributed by atoms with Crippen LogP contribution in [0.15, 0.2) is 27.6 Å². The summed E-state index contributed by atoms with van der Waals surface area (Å²) in [5, 5.41) is 17.4. The van der Waals surface area contributed by atoms with Crippen LogP contribution in [-0.4, -0.2) is 21.0 Å². The fraction of sp³-hybridized carbons (Fsp3) is 0.273. The molecule has 1 unspecified atom stereocenters. The maximum Gasteiger partial charge on any atom is 0.336 e. The third-order valence-electron chi connectivity index (χ3n) is 2.04. The number of benzene rings is 1. The highest BCUT2D eigenvalue weighted by molar-refractivity contribution is 9.10. The highest BCUT2D eigenvalue weighted by atomic mass is 79.9. The van der Waals surface area contributed by atoms with Gasteiger partial charge in [-0.2, -0.15) is 5.26 Å². The van der Waals surface area contributed by atoms with Crippen LogP contribution in [0.3, 0.4) is 0 Å². The van der Waals surface area contributed by atoms with E-state index in [-0.39, 0.29) is 5.56 Å². The van der Waals surface area contributed by atoms with Gasteiger partial charge in [-0.25, -0.2) is 4.79 Å². The SMILES string of the molecule is N#CCCCS(=O)c1cc(Br)ccc1C(=O)O. The zero-order chi connectivity index (χ0) is 12.8. The minimum Gasteiger partial charge on any atom is -0.478 e. The number of hydrogen-bond donors (Lipinski definition) is 1. The van der Waals surface area contributed by atoms with Gasteiger partial charge < -0.3 is 5.11 Å². The molecule has 0 radical (unpaired) electrons. The molecule has 0 heterocycles. The Morgan fingerprint density at radius 1 is 1.53 bits per heavy atom. The van der Waals surface area contributed by atoms with Gasteiger partial charge in [0.15, 0.2) is 0 Å². The smallest absolute Gasteiger partial charge is 0.336 e. The van der Waals surface area contributed by atoms with Crippen molar-refractivity contribution < 1.29 is 14.1 Å². The zero-order valence-electron chi connectivity index (χ0n) is 8.85. The summed E-state index contributed by atoms with van der Waals surface area (Å²) >= 11 is 3.22. The summed E-state index contributed by atoms with van der Waals surface area (Å²) in [5.74, 6) is -0.800. The zero-order valence-corrected chi connectivity index (χ0v) is 11.3. The standard InChI is InChI=1S/C11H10BrNO3S/c12-8-3-4-9(11(14)15)10(7-8)17(16)6-2-1-5-13/h3-4,7H,1-2,6H2,(H,14,15). The van der Waals surface area contributed by atoms with Crippen LogP contribution in [0.5, 0.6) is 0 Å². The molecule has 0 aliphatic rings. The van der Waals surface area contributed by atoms with Crippen molar-refractivity contribution in [3.8, 4) is 6.07 Å². The first kappa shape index (κ1) is 13.9. The molecule has 0 amide bonds. The number of aromatic carboxylic acids is 1. The Morgan fingerprint density at radius 3 is 2.82 bits per heavy atom. The molecule has 6 heteroatoms. The van der Waals surface area contributed by atoms with E-state index in [2.05, 4.69) is 15.9 Å². The molecule has 0 bridgehead atoms. The minimum absolute atomic E-state index is 0.0449. The Kier molecular flexibility index (Phi) is 5.32. The summed E-state index contributed by atoms with van der Waals surface area (Å²) in [5.41, 5.74) is 0.0449. The van der Waals surface area contributed by atoms with Crippen LogP contribution < -0.4 is 0 Å². The van der Waals surface area contributed by atoms with E-state index in [0.29, 0.717) is 28.0 Å². The lowest BCUT2D eigenvalue weighted by Crippen LogP contribution is -2.06. The normalized spacial score (nSPS) is 11.8. The maximum absolute atomic E-state index is 11.9. The largest absolute Gasteiger partial charge is 0.478 e. The van der Waals surface area contributed by atoms with Gasteiger partial charge in [0.05, 0.1) is 27.3 Å². The number of unbranched alkanes of at least 4 members (excludes halogenated alkanes) is 1. The second-order valence-corrected chi connectivity index (χ2v) is 5.71. The van der Waals surface area contributed by atoms with Gasteiger partial charge in [-0.1, -0.05) is 15.9 Å². The van der Waals surface area contributed by atoms with Crippen LogP contribution in [0.25, 0.3) is 0 Å². The molecule has 0 aromatic heterocycles. The van der Waals surface area contributed by atoms with Gasteiger partial charge in [-0.05, 0) is 24.6 Å². The number of nitrogens with zero attached hydrogens (tertiary/aromatic N) is 1. The van der Waals surface area contributed by atoms with E-state index in [4.69, 9.17) is 10.4 Å². The van der Waals surface area contributed by atoms with Crippen molar-refractivity contribution >= 4 is 32.7 Å². The summed E-state index contributed by atoms with van der Waals surface area (Å²) in [6.07, 6.45) is 0.816. The Balaban J connectivity index is 2.95. The summed E-state index contributed by atoms with van der Waals surface area (Å²) in [4.78, 5) is 11.3. The highest BCUT2D eigenvalue weighted by Gasteiger charge is 2.15. The predicted octanol–water partition coefficient (Wildman–Crippen LogP) is 2.56. The van der Waals surface area contributed by atoms with Gasteiger partial charge in [0.25, 0.3) is 0 Å². The summed E-state index contributed by atoms with van der Waals surface area (Å²) in [6.45, 7) is 0. The molecular weight excluding hydrogens is 306 g/mol. The van der Waals surface area contributed by atoms with Gasteiger partial charge in [0.1, 0.15) is 0 Å². The van der Waals surface area contributed by atoms with Crippen LogP contribution >= 0.6 is 15.9 Å². The lowest BCUT2D eigenvalue weighted by atomic mass is 10.2. The second kappa shape index (κ2) is 6.52. The summed E-state index contributed by atoms with van der Waals surface area (Å²) in [7, 11) is -1.39. The first-order valence-electron chi connectivity index (χ1n) is 4.84. The van der Waals surface area contributed by atoms with Crippen molar-refractivity contribution in [1.29, 1.82) is 5.26 Å². The summed E-state index contributed by atoms with van der Waals surface area (Å²) < 4.78 is 12.6. The van der Waals surface area contributed by atoms with E-state index in [0.717, 1.165) is 0 Å². The predicted molar refractivity (Wildman–Crippen MR) is 67.2 cm³/mol. The number of rotatable bonds is 5. The van der Waals surface area contributed by atoms with E-state index in [9.17, 15) is 9.00 Å². The average molecular weight is 316 g/mol. The van der Waals surface area contributed by atoms with Crippen LogP contribution in [0.4, 0.5) is 0 Å². The monoisotopic (exact) mass is 315 g/mol. The molecule has 1 rings (SSSR count). The molecule has 0 saturated heterocycles. The highest BCUT2D eigenvalue weighted by Crippen LogP contribution is 2.20. The van der Waals surface area contributed by atoms with Gasteiger partial charge in [-0.15, -0.1) is 0 Å². The van der Waals surface area contributed by atoms with Crippen LogP contribution in [0.2, 0.25) is 0 Å². The van der Waals surface area contributed by atoms with Gasteiger partial charge in [0.2, 0.25) is 0 Å². The van der Waals surface area contributed by atoms with Crippen molar-refractivity contribution in [3.05, 3.63) is 28.2 Å². The molecule has 0 fully saturated rings. The van der Waals surface area contributed by atoms with Crippen molar-refractivity contribution in [1.82, 2.24) is 0 Å². The van der Waals surface area contributed by atoms with Gasteiger partial charge in [-0.3, -0.25) is 4.21 Å². The Labute approximate surface area is 110 Å². The number of carboxylic acids is 1. The molecule has 0 saturated carbocycles. The van der Waals surface area contributed by atoms with Crippen LogP contribution in [0.1, 0.15) is 23.2 Å². The first-order chi connectivity index (χ1) is 8.06. The Morgan fingerprint density at radius 2 is 2.24 bits per heavy atom. The molecule has 1 aromatic rings. The van der Waals surface area contributed by atoms with Crippen molar-refractivity contribution in [2.24, 2.45) is 0 Å². The molecule has 4 nitrogen and oxygen atoms in total. The lowest BCUT2D eigenvalue weighted by Gasteiger charge is -2.06. The number of halogens is 1. The fourth-order valence-corrected chi connectivity index (χ4v) is 3.05. The van der Waals surface area contributed by atoms with Crippen LogP contribution in [-0.2, 0) is 10.8 Å². The van der Waals surface area contributed by atoms with Crippen LogP contribution in [0, 0.1) is 11.3 Å². The van der Waals surface area contributed by atoms with Crippen molar-refractivity contribution in [2.75, 3.05) is 5.75 Å². The second-order valence-electron chi connectivity index (χ2n) is 3.26. The minimum atomic E-state index is -1.39. The van der Waals surface area contributed by atoms with Crippen molar-refractivity contribution in [2.45, 2.75) is 17.7 Å². The van der Waals surface area contributed by atoms with Crippen molar-refractivity contribution in [3.63, 3.8) is 0 Å². The van der Waals surface area contributed by atoms with E-state index in [1.165, 1.54) is 6.07 Å². The van der Waals surface area contributed by atoms with E-state index in [1.807, 2.05) is 6.07 Å². The van der Waals surface area contributed by atoms with Gasteiger partial charge in [0, 0.05) is 16.6 Å².